The van der Waals surface area contributed by atoms with Crippen molar-refractivity contribution in [3.8, 4) is 0 Å². The number of carbonyl (C=O) groups is 1. The number of nitrogens with zero attached hydrogens (tertiary/aromatic N) is 2. The van der Waals surface area contributed by atoms with Crippen LogP contribution in [0.1, 0.15) is 21.8 Å². The molecule has 2 rings (SSSR count). The Bertz CT molecular complexity index is 713. The molecule has 1 aromatic heterocycles. The molecule has 2 N–H and O–H groups in total. The average molecular weight is 295 g/mol. The van der Waals surface area contributed by atoms with Crippen LogP contribution in [0, 0.1) is 22.9 Å². The summed E-state index contributed by atoms with van der Waals surface area (Å²) >= 11 is 0. The van der Waals surface area contributed by atoms with E-state index in [4.69, 9.17) is 9.63 Å². The highest BCUT2D eigenvalue weighted by atomic mass is 19.1. The molecule has 0 saturated heterocycles. The maximum absolute atomic E-state index is 13.8. The molecule has 0 aliphatic carbocycles. The molecule has 0 amide bonds. The molecule has 0 radical (unpaired) electrons. The van der Waals surface area contributed by atoms with Gasteiger partial charge in [-0.05, 0) is 13.0 Å². The largest absolute Gasteiger partial charge is 0.477 e. The predicted octanol–water partition coefficient (Wildman–Crippen LogP) is 2.34. The number of benzene rings is 1. The second kappa shape index (κ2) is 5.57. The van der Waals surface area contributed by atoms with Gasteiger partial charge in [-0.15, -0.1) is 0 Å². The Hall–Kier alpha value is -2.97. The van der Waals surface area contributed by atoms with Gasteiger partial charge < -0.3 is 14.9 Å². The monoisotopic (exact) mass is 295 g/mol. The number of aromatic nitrogens is 1. The number of carboxylic acid groups (broad SMARTS) is 1. The van der Waals surface area contributed by atoms with E-state index in [1.54, 1.807) is 13.0 Å². The van der Waals surface area contributed by atoms with Crippen LogP contribution in [-0.2, 0) is 6.54 Å². The molecule has 0 saturated carbocycles. The van der Waals surface area contributed by atoms with Gasteiger partial charge in [-0.1, -0.05) is 5.16 Å². The van der Waals surface area contributed by atoms with E-state index < -0.39 is 28.0 Å². The standard InChI is InChI=1S/C12H10FN3O5/c1-6-2-7(15-21-6)5-14-10-3-8(12(17)18)11(16(19)20)4-9(10)13/h2-4,14H,5H2,1H3,(H,17,18). The van der Waals surface area contributed by atoms with Crippen LogP contribution in [0.2, 0.25) is 0 Å². The van der Waals surface area contributed by atoms with E-state index in [0.29, 0.717) is 17.5 Å². The van der Waals surface area contributed by atoms with E-state index in [0.717, 1.165) is 6.07 Å². The highest BCUT2D eigenvalue weighted by Gasteiger charge is 2.23. The van der Waals surface area contributed by atoms with Gasteiger partial charge in [-0.2, -0.15) is 0 Å². The van der Waals surface area contributed by atoms with Crippen molar-refractivity contribution in [2.75, 3.05) is 5.32 Å². The molecule has 0 spiro atoms. The molecule has 0 atom stereocenters. The van der Waals surface area contributed by atoms with E-state index in [1.807, 2.05) is 0 Å². The van der Waals surface area contributed by atoms with Gasteiger partial charge in [-0.3, -0.25) is 10.1 Å². The normalized spacial score (nSPS) is 10.4. The van der Waals surface area contributed by atoms with Gasteiger partial charge in [0.1, 0.15) is 17.0 Å². The number of anilines is 1. The Morgan fingerprint density at radius 1 is 1.52 bits per heavy atom. The molecular weight excluding hydrogens is 285 g/mol. The molecule has 8 nitrogen and oxygen atoms in total. The summed E-state index contributed by atoms with van der Waals surface area (Å²) in [6, 6.07) is 3.07. The van der Waals surface area contributed by atoms with Crippen LogP contribution >= 0.6 is 0 Å². The molecule has 110 valence electrons. The van der Waals surface area contributed by atoms with E-state index in [-0.39, 0.29) is 12.2 Å². The highest BCUT2D eigenvalue weighted by molar-refractivity contribution is 5.93. The van der Waals surface area contributed by atoms with Crippen LogP contribution in [-0.4, -0.2) is 21.2 Å². The van der Waals surface area contributed by atoms with Crippen LogP contribution in [0.15, 0.2) is 22.7 Å². The van der Waals surface area contributed by atoms with Crippen molar-refractivity contribution in [3.05, 3.63) is 51.1 Å². The van der Waals surface area contributed by atoms with Crippen LogP contribution in [0.4, 0.5) is 15.8 Å². The Morgan fingerprint density at radius 2 is 2.24 bits per heavy atom. The first kappa shape index (κ1) is 14.4. The minimum atomic E-state index is -1.51. The summed E-state index contributed by atoms with van der Waals surface area (Å²) in [4.78, 5) is 20.7. The van der Waals surface area contributed by atoms with Crippen molar-refractivity contribution in [3.63, 3.8) is 0 Å². The average Bonchev–Trinajstić information content (AvgIpc) is 2.82. The zero-order valence-electron chi connectivity index (χ0n) is 10.8. The van der Waals surface area contributed by atoms with Crippen LogP contribution in [0.3, 0.4) is 0 Å². The summed E-state index contributed by atoms with van der Waals surface area (Å²) in [5.41, 5.74) is -1.08. The van der Waals surface area contributed by atoms with Crippen LogP contribution in [0.5, 0.6) is 0 Å². The van der Waals surface area contributed by atoms with Gasteiger partial charge in [0.2, 0.25) is 0 Å². The second-order valence-electron chi connectivity index (χ2n) is 4.19. The van der Waals surface area contributed by atoms with Crippen LogP contribution in [0.25, 0.3) is 0 Å². The van der Waals surface area contributed by atoms with E-state index in [1.165, 1.54) is 0 Å². The number of aryl methyl sites for hydroxylation is 1. The molecular formula is C12H10FN3O5. The number of nitro benzene ring substituents is 1. The van der Waals surface area contributed by atoms with Gasteiger partial charge >= 0.3 is 5.97 Å². The molecule has 1 aromatic carbocycles. The second-order valence-corrected chi connectivity index (χ2v) is 4.19. The zero-order chi connectivity index (χ0) is 15.6. The van der Waals surface area contributed by atoms with Gasteiger partial charge in [-0.25, -0.2) is 9.18 Å². The van der Waals surface area contributed by atoms with Crippen molar-refractivity contribution in [2.24, 2.45) is 0 Å². The maximum Gasteiger partial charge on any atom is 0.342 e. The first-order valence-corrected chi connectivity index (χ1v) is 5.75. The first-order chi connectivity index (χ1) is 9.88. The molecule has 0 fully saturated rings. The molecule has 0 bridgehead atoms. The van der Waals surface area contributed by atoms with E-state index >= 15 is 0 Å². The fraction of sp³-hybridized carbons (Fsp3) is 0.167. The highest BCUT2D eigenvalue weighted by Crippen LogP contribution is 2.26. The van der Waals surface area contributed by atoms with Gasteiger partial charge in [0, 0.05) is 6.07 Å². The number of aromatic carboxylic acids is 1. The third kappa shape index (κ3) is 3.14. The van der Waals surface area contributed by atoms with Crippen LogP contribution < -0.4 is 5.32 Å². The lowest BCUT2D eigenvalue weighted by Gasteiger charge is -2.07. The molecule has 21 heavy (non-hydrogen) atoms. The smallest absolute Gasteiger partial charge is 0.342 e. The third-order valence-electron chi connectivity index (χ3n) is 2.65. The van der Waals surface area contributed by atoms with E-state index in [9.17, 15) is 19.3 Å². The quantitative estimate of drug-likeness (QED) is 0.641. The third-order valence-corrected chi connectivity index (χ3v) is 2.65. The summed E-state index contributed by atoms with van der Waals surface area (Å²) < 4.78 is 18.6. The molecule has 0 aliphatic heterocycles. The predicted molar refractivity (Wildman–Crippen MR) is 68.6 cm³/mol. The first-order valence-electron chi connectivity index (χ1n) is 5.75. The SMILES string of the molecule is Cc1cc(CNc2cc(C(=O)O)c([N+](=O)[O-])cc2F)no1. The fourth-order valence-corrected chi connectivity index (χ4v) is 1.71. The number of hydrogen-bond donors (Lipinski definition) is 2. The number of halogens is 1. The lowest BCUT2D eigenvalue weighted by atomic mass is 10.1. The van der Waals surface area contributed by atoms with Crippen molar-refractivity contribution < 1.29 is 23.7 Å². The van der Waals surface area contributed by atoms with E-state index in [2.05, 4.69) is 10.5 Å². The fourth-order valence-electron chi connectivity index (χ4n) is 1.71. The maximum atomic E-state index is 13.8. The number of rotatable bonds is 5. The zero-order valence-corrected chi connectivity index (χ0v) is 10.8. The van der Waals surface area contributed by atoms with Crippen molar-refractivity contribution >= 4 is 17.3 Å². The number of nitrogens with one attached hydrogen (secondary N) is 1. The Labute approximate surface area is 117 Å². The van der Waals surface area contributed by atoms with Crippen molar-refractivity contribution in [1.29, 1.82) is 0 Å². The molecule has 1 heterocycles. The summed E-state index contributed by atoms with van der Waals surface area (Å²) in [5, 5.41) is 25.9. The number of nitro groups is 1. The molecule has 2 aromatic rings. The van der Waals surface area contributed by atoms with Gasteiger partial charge in [0.05, 0.1) is 23.2 Å². The van der Waals surface area contributed by atoms with Gasteiger partial charge in [0.25, 0.3) is 5.69 Å². The summed E-state index contributed by atoms with van der Waals surface area (Å²) in [6.45, 7) is 1.77. The molecule has 0 aliphatic rings. The van der Waals surface area contributed by atoms with Crippen molar-refractivity contribution in [1.82, 2.24) is 5.16 Å². The Balaban J connectivity index is 2.29. The summed E-state index contributed by atoms with van der Waals surface area (Å²) in [5.74, 6) is -1.86. The Kier molecular flexibility index (Phi) is 3.83. The molecule has 9 heteroatoms. The summed E-state index contributed by atoms with van der Waals surface area (Å²) in [6.07, 6.45) is 0. The van der Waals surface area contributed by atoms with Gasteiger partial charge in [0.15, 0.2) is 5.82 Å². The Morgan fingerprint density at radius 3 is 2.76 bits per heavy atom. The summed E-state index contributed by atoms with van der Waals surface area (Å²) in [7, 11) is 0. The van der Waals surface area contributed by atoms with Crippen molar-refractivity contribution in [2.45, 2.75) is 13.5 Å². The lowest BCUT2D eigenvalue weighted by molar-refractivity contribution is -0.385. The number of hydrogen-bond acceptors (Lipinski definition) is 6. The topological polar surface area (TPSA) is 118 Å². The number of carboxylic acids is 1. The minimum Gasteiger partial charge on any atom is -0.477 e. The molecule has 0 unspecified atom stereocenters. The minimum absolute atomic E-state index is 0.0884. The lowest BCUT2D eigenvalue weighted by Crippen LogP contribution is -2.07.